The Kier molecular flexibility index (Phi) is 20.0. The zero-order chi connectivity index (χ0) is 21.6. The van der Waals surface area contributed by atoms with Crippen LogP contribution in [0, 0.1) is 5.92 Å². The van der Waals surface area contributed by atoms with Crippen LogP contribution in [0.25, 0.3) is 0 Å². The number of ether oxygens (including phenoxy) is 1. The number of carboxylic acids is 1. The van der Waals surface area contributed by atoms with Crippen LogP contribution in [-0.2, 0) is 14.3 Å². The molecule has 0 aliphatic heterocycles. The zero-order valence-corrected chi connectivity index (χ0v) is 18.7. The van der Waals surface area contributed by atoms with Crippen molar-refractivity contribution in [3.05, 3.63) is 24.8 Å². The monoisotopic (exact) mass is 408 g/mol. The van der Waals surface area contributed by atoms with Gasteiger partial charge in [-0.1, -0.05) is 95.9 Å². The first-order valence-electron chi connectivity index (χ1n) is 11.8. The molecule has 0 aromatic rings. The molecular formula is C25H44O4. The van der Waals surface area contributed by atoms with Gasteiger partial charge >= 0.3 is 11.9 Å². The molecule has 0 aromatic heterocycles. The van der Waals surface area contributed by atoms with E-state index in [2.05, 4.69) is 25.7 Å². The molecule has 168 valence electrons. The molecule has 1 N–H and O–H groups in total. The van der Waals surface area contributed by atoms with Gasteiger partial charge in [0.1, 0.15) is 6.61 Å². The van der Waals surface area contributed by atoms with E-state index in [9.17, 15) is 9.59 Å². The average Bonchev–Trinajstić information content (AvgIpc) is 2.70. The molecule has 29 heavy (non-hydrogen) atoms. The van der Waals surface area contributed by atoms with Crippen molar-refractivity contribution < 1.29 is 19.4 Å². The molecule has 0 saturated heterocycles. The topological polar surface area (TPSA) is 63.6 Å². The van der Waals surface area contributed by atoms with Crippen molar-refractivity contribution in [3.8, 4) is 0 Å². The van der Waals surface area contributed by atoms with E-state index in [1.54, 1.807) is 0 Å². The first-order chi connectivity index (χ1) is 14.1. The highest BCUT2D eigenvalue weighted by molar-refractivity contribution is 5.79. The number of hydrogen-bond acceptors (Lipinski definition) is 3. The van der Waals surface area contributed by atoms with Gasteiger partial charge in [0.2, 0.25) is 0 Å². The van der Waals surface area contributed by atoms with E-state index in [0.717, 1.165) is 25.7 Å². The van der Waals surface area contributed by atoms with Crippen molar-refractivity contribution in [1.29, 1.82) is 0 Å². The summed E-state index contributed by atoms with van der Waals surface area (Å²) < 4.78 is 5.00. The number of esters is 1. The van der Waals surface area contributed by atoms with Crippen LogP contribution in [0.1, 0.15) is 110 Å². The summed E-state index contributed by atoms with van der Waals surface area (Å²) in [6, 6.07) is 0. The van der Waals surface area contributed by atoms with Gasteiger partial charge in [-0.3, -0.25) is 9.59 Å². The molecular weight excluding hydrogens is 364 g/mol. The molecule has 0 heterocycles. The predicted molar refractivity (Wildman–Crippen MR) is 121 cm³/mol. The first-order valence-corrected chi connectivity index (χ1v) is 11.8. The van der Waals surface area contributed by atoms with Crippen LogP contribution in [0.5, 0.6) is 0 Å². The second-order valence-corrected chi connectivity index (χ2v) is 7.94. The molecule has 1 atom stereocenters. The normalized spacial score (nSPS) is 12.2. The Morgan fingerprint density at radius 1 is 0.862 bits per heavy atom. The Morgan fingerprint density at radius 3 is 1.90 bits per heavy atom. The molecule has 0 aliphatic rings. The number of carbonyl (C=O) groups is 2. The van der Waals surface area contributed by atoms with E-state index in [4.69, 9.17) is 9.84 Å². The van der Waals surface area contributed by atoms with Gasteiger partial charge in [-0.2, -0.15) is 0 Å². The zero-order valence-electron chi connectivity index (χ0n) is 18.7. The molecule has 0 radical (unpaired) electrons. The molecule has 0 rings (SSSR count). The Balaban J connectivity index is 3.60. The number of hydrogen-bond donors (Lipinski definition) is 1. The van der Waals surface area contributed by atoms with Crippen LogP contribution in [0.4, 0.5) is 0 Å². The molecule has 0 spiro atoms. The van der Waals surface area contributed by atoms with Crippen LogP contribution < -0.4 is 0 Å². The van der Waals surface area contributed by atoms with Crippen molar-refractivity contribution in [2.45, 2.75) is 110 Å². The molecule has 0 bridgehead atoms. The molecule has 0 fully saturated rings. The standard InChI is InChI=1S/C25H44O4/c1-3-5-6-7-8-9-10-11-12-13-14-15-16-17-18-19-20-23(22-24(26)27)25(28)29-21-4-2/h4,15-16,23H,2-3,5-14,17-22H2,1H3,(H,26,27)/b16-15+. The highest BCUT2D eigenvalue weighted by atomic mass is 16.5. The van der Waals surface area contributed by atoms with Gasteiger partial charge in [0.15, 0.2) is 0 Å². The van der Waals surface area contributed by atoms with Gasteiger partial charge in [-0.25, -0.2) is 0 Å². The summed E-state index contributed by atoms with van der Waals surface area (Å²) in [6.45, 7) is 5.90. The fraction of sp³-hybridized carbons (Fsp3) is 0.760. The van der Waals surface area contributed by atoms with Gasteiger partial charge in [-0.05, 0) is 32.1 Å². The van der Waals surface area contributed by atoms with Gasteiger partial charge < -0.3 is 9.84 Å². The number of rotatable bonds is 21. The third-order valence-electron chi connectivity index (χ3n) is 5.16. The Labute approximate surface area is 178 Å². The maximum absolute atomic E-state index is 11.9. The lowest BCUT2D eigenvalue weighted by Gasteiger charge is -2.13. The van der Waals surface area contributed by atoms with Crippen LogP contribution in [0.2, 0.25) is 0 Å². The summed E-state index contributed by atoms with van der Waals surface area (Å²) >= 11 is 0. The van der Waals surface area contributed by atoms with Crippen molar-refractivity contribution >= 4 is 11.9 Å². The summed E-state index contributed by atoms with van der Waals surface area (Å²) in [4.78, 5) is 22.8. The molecule has 0 saturated carbocycles. The fourth-order valence-corrected chi connectivity index (χ4v) is 3.41. The molecule has 0 aromatic carbocycles. The van der Waals surface area contributed by atoms with E-state index in [-0.39, 0.29) is 13.0 Å². The summed E-state index contributed by atoms with van der Waals surface area (Å²) in [5.41, 5.74) is 0. The van der Waals surface area contributed by atoms with E-state index in [0.29, 0.717) is 6.42 Å². The van der Waals surface area contributed by atoms with Gasteiger partial charge in [0.25, 0.3) is 0 Å². The molecule has 0 aliphatic carbocycles. The number of carboxylic acid groups (broad SMARTS) is 1. The number of unbranched alkanes of at least 4 members (excludes halogenated alkanes) is 12. The minimum absolute atomic E-state index is 0.136. The highest BCUT2D eigenvalue weighted by Gasteiger charge is 2.22. The number of allylic oxidation sites excluding steroid dienone is 2. The lowest BCUT2D eigenvalue weighted by molar-refractivity contribution is -0.152. The Morgan fingerprint density at radius 2 is 1.38 bits per heavy atom. The van der Waals surface area contributed by atoms with Crippen LogP contribution >= 0.6 is 0 Å². The molecule has 4 heteroatoms. The number of aliphatic carboxylic acids is 1. The lowest BCUT2D eigenvalue weighted by Crippen LogP contribution is -2.21. The summed E-state index contributed by atoms with van der Waals surface area (Å²) in [5.74, 6) is -1.94. The average molecular weight is 409 g/mol. The SMILES string of the molecule is C=CCOC(=O)C(CCCC/C=C/CCCCCCCCCCCC)CC(=O)O. The third kappa shape index (κ3) is 19.5. The highest BCUT2D eigenvalue weighted by Crippen LogP contribution is 2.16. The second kappa shape index (κ2) is 21.1. The largest absolute Gasteiger partial charge is 0.481 e. The smallest absolute Gasteiger partial charge is 0.309 e. The summed E-state index contributed by atoms with van der Waals surface area (Å²) in [6.07, 6.45) is 24.0. The maximum Gasteiger partial charge on any atom is 0.309 e. The molecule has 4 nitrogen and oxygen atoms in total. The fourth-order valence-electron chi connectivity index (χ4n) is 3.41. The Bertz CT molecular complexity index is 442. The predicted octanol–water partition coefficient (Wildman–Crippen LogP) is 7.23. The second-order valence-electron chi connectivity index (χ2n) is 7.94. The van der Waals surface area contributed by atoms with Crippen LogP contribution in [0.3, 0.4) is 0 Å². The first kappa shape index (κ1) is 27.4. The van der Waals surface area contributed by atoms with E-state index in [1.807, 2.05) is 0 Å². The summed E-state index contributed by atoms with van der Waals surface area (Å²) in [5, 5.41) is 8.95. The molecule has 1 unspecified atom stereocenters. The third-order valence-corrected chi connectivity index (χ3v) is 5.16. The van der Waals surface area contributed by atoms with Crippen LogP contribution in [0.15, 0.2) is 24.8 Å². The minimum Gasteiger partial charge on any atom is -0.481 e. The molecule has 0 amide bonds. The van der Waals surface area contributed by atoms with E-state index < -0.39 is 17.9 Å². The van der Waals surface area contributed by atoms with Gasteiger partial charge in [0.05, 0.1) is 12.3 Å². The lowest BCUT2D eigenvalue weighted by atomic mass is 9.98. The Hall–Kier alpha value is -1.58. The minimum atomic E-state index is -0.957. The summed E-state index contributed by atoms with van der Waals surface area (Å²) in [7, 11) is 0. The van der Waals surface area contributed by atoms with Gasteiger partial charge in [-0.15, -0.1) is 0 Å². The maximum atomic E-state index is 11.9. The van der Waals surface area contributed by atoms with Gasteiger partial charge in [0, 0.05) is 0 Å². The van der Waals surface area contributed by atoms with Crippen molar-refractivity contribution in [2.24, 2.45) is 5.92 Å². The number of carbonyl (C=O) groups excluding carboxylic acids is 1. The van der Waals surface area contributed by atoms with Crippen molar-refractivity contribution in [3.63, 3.8) is 0 Å². The van der Waals surface area contributed by atoms with Crippen molar-refractivity contribution in [1.82, 2.24) is 0 Å². The van der Waals surface area contributed by atoms with E-state index in [1.165, 1.54) is 70.3 Å². The van der Waals surface area contributed by atoms with Crippen molar-refractivity contribution in [2.75, 3.05) is 6.61 Å². The van der Waals surface area contributed by atoms with E-state index >= 15 is 0 Å². The quantitative estimate of drug-likeness (QED) is 0.124. The van der Waals surface area contributed by atoms with Crippen LogP contribution in [-0.4, -0.2) is 23.7 Å².